The maximum Gasteiger partial charge on any atom is 0.305 e. The molecule has 0 bridgehead atoms. The molecule has 2 rings (SSSR count). The van der Waals surface area contributed by atoms with Gasteiger partial charge < -0.3 is 14.4 Å². The van der Waals surface area contributed by atoms with Crippen molar-refractivity contribution in [3.8, 4) is 0 Å². The average Bonchev–Trinajstić information content (AvgIpc) is 2.95. The predicted octanol–water partition coefficient (Wildman–Crippen LogP) is 2.11. The highest BCUT2D eigenvalue weighted by atomic mass is 32.1. The minimum atomic E-state index is -0.181. The van der Waals surface area contributed by atoms with Crippen LogP contribution in [0.4, 0.5) is 5.13 Å². The summed E-state index contributed by atoms with van der Waals surface area (Å²) >= 11 is 1.66. The van der Waals surface area contributed by atoms with Crippen LogP contribution in [0, 0.1) is 5.92 Å². The van der Waals surface area contributed by atoms with Crippen LogP contribution in [0.5, 0.6) is 0 Å². The maximum absolute atomic E-state index is 11.1. The van der Waals surface area contributed by atoms with Crippen LogP contribution in [-0.2, 0) is 20.7 Å². The van der Waals surface area contributed by atoms with Gasteiger partial charge in [0, 0.05) is 38.6 Å². The van der Waals surface area contributed by atoms with Crippen molar-refractivity contribution >= 4 is 22.4 Å². The van der Waals surface area contributed by atoms with E-state index < -0.39 is 0 Å². The van der Waals surface area contributed by atoms with E-state index in [0.29, 0.717) is 18.8 Å². The lowest BCUT2D eigenvalue weighted by molar-refractivity contribution is -0.140. The fourth-order valence-electron chi connectivity index (χ4n) is 2.42. The van der Waals surface area contributed by atoms with Gasteiger partial charge >= 0.3 is 5.97 Å². The Morgan fingerprint density at radius 3 is 2.85 bits per heavy atom. The zero-order valence-corrected chi connectivity index (χ0v) is 12.9. The van der Waals surface area contributed by atoms with Crippen molar-refractivity contribution in [1.82, 2.24) is 4.98 Å². The van der Waals surface area contributed by atoms with Gasteiger partial charge in [0.05, 0.1) is 19.2 Å². The molecule has 0 N–H and O–H groups in total. The first kappa shape index (κ1) is 15.3. The number of aromatic nitrogens is 1. The first-order valence-electron chi connectivity index (χ1n) is 6.98. The molecule has 0 unspecified atom stereocenters. The van der Waals surface area contributed by atoms with E-state index in [0.717, 1.165) is 43.4 Å². The molecule has 0 spiro atoms. The lowest BCUT2D eigenvalue weighted by Crippen LogP contribution is -2.34. The van der Waals surface area contributed by atoms with E-state index >= 15 is 0 Å². The Bertz CT molecular complexity index is 428. The van der Waals surface area contributed by atoms with Gasteiger partial charge in [-0.3, -0.25) is 4.79 Å². The van der Waals surface area contributed by atoms with Crippen LogP contribution in [0.25, 0.3) is 0 Å². The summed E-state index contributed by atoms with van der Waals surface area (Å²) in [6, 6.07) is 0. The van der Waals surface area contributed by atoms with Crippen LogP contribution in [0.15, 0.2) is 5.38 Å². The van der Waals surface area contributed by atoms with E-state index in [4.69, 9.17) is 4.74 Å². The van der Waals surface area contributed by atoms with Gasteiger partial charge in [0.25, 0.3) is 0 Å². The number of aryl methyl sites for hydroxylation is 1. The fourth-order valence-corrected chi connectivity index (χ4v) is 3.33. The Morgan fingerprint density at radius 1 is 1.45 bits per heavy atom. The molecule has 1 aliphatic rings. The molecule has 1 fully saturated rings. The highest BCUT2D eigenvalue weighted by Crippen LogP contribution is 2.26. The first-order valence-corrected chi connectivity index (χ1v) is 7.86. The number of piperidine rings is 1. The molecule has 0 atom stereocenters. The normalized spacial score (nSPS) is 16.4. The summed E-state index contributed by atoms with van der Waals surface area (Å²) in [5.41, 5.74) is 0.981. The third-order valence-electron chi connectivity index (χ3n) is 3.64. The standard InChI is InChI=1S/C14H22N2O3S/c1-18-9-11-5-7-16(8-6-11)14-15-12(10-20-14)3-4-13(17)19-2/h10-11H,3-9H2,1-2H3. The summed E-state index contributed by atoms with van der Waals surface area (Å²) in [6.07, 6.45) is 3.37. The number of anilines is 1. The number of ether oxygens (including phenoxy) is 2. The smallest absolute Gasteiger partial charge is 0.305 e. The molecule has 0 saturated carbocycles. The van der Waals surface area contributed by atoms with Gasteiger partial charge in [-0.15, -0.1) is 11.3 Å². The van der Waals surface area contributed by atoms with Crippen molar-refractivity contribution in [3.63, 3.8) is 0 Å². The number of carbonyl (C=O) groups is 1. The number of rotatable bonds is 6. The highest BCUT2D eigenvalue weighted by molar-refractivity contribution is 7.13. The largest absolute Gasteiger partial charge is 0.469 e. The zero-order valence-electron chi connectivity index (χ0n) is 12.1. The van der Waals surface area contributed by atoms with Crippen LogP contribution in [0.3, 0.4) is 0 Å². The number of methoxy groups -OCH3 is 2. The molecule has 2 heterocycles. The SMILES string of the molecule is COCC1CCN(c2nc(CCC(=O)OC)cs2)CC1. The van der Waals surface area contributed by atoms with Crippen molar-refractivity contribution in [3.05, 3.63) is 11.1 Å². The van der Waals surface area contributed by atoms with Gasteiger partial charge in [0.15, 0.2) is 5.13 Å². The molecule has 6 heteroatoms. The van der Waals surface area contributed by atoms with E-state index in [2.05, 4.69) is 14.6 Å². The molecular formula is C14H22N2O3S. The van der Waals surface area contributed by atoms with E-state index in [1.165, 1.54) is 7.11 Å². The Hall–Kier alpha value is -1.14. The van der Waals surface area contributed by atoms with Crippen molar-refractivity contribution in [1.29, 1.82) is 0 Å². The second-order valence-electron chi connectivity index (χ2n) is 5.08. The number of thiazole rings is 1. The minimum Gasteiger partial charge on any atom is -0.469 e. The Balaban J connectivity index is 1.82. The number of hydrogen-bond acceptors (Lipinski definition) is 6. The zero-order chi connectivity index (χ0) is 14.4. The minimum absolute atomic E-state index is 0.181. The second kappa shape index (κ2) is 7.59. The maximum atomic E-state index is 11.1. The molecule has 112 valence electrons. The van der Waals surface area contributed by atoms with Crippen molar-refractivity contribution in [2.75, 3.05) is 38.8 Å². The summed E-state index contributed by atoms with van der Waals surface area (Å²) in [4.78, 5) is 18.1. The summed E-state index contributed by atoms with van der Waals surface area (Å²) in [6.45, 7) is 2.94. The molecule has 5 nitrogen and oxygen atoms in total. The Labute approximate surface area is 123 Å². The third kappa shape index (κ3) is 4.18. The van der Waals surface area contributed by atoms with Gasteiger partial charge in [-0.1, -0.05) is 0 Å². The molecule has 1 saturated heterocycles. The molecule has 0 amide bonds. The summed E-state index contributed by atoms with van der Waals surface area (Å²) in [7, 11) is 3.18. The van der Waals surface area contributed by atoms with E-state index in [1.807, 2.05) is 5.38 Å². The van der Waals surface area contributed by atoms with Crippen LogP contribution >= 0.6 is 11.3 Å². The summed E-state index contributed by atoms with van der Waals surface area (Å²) in [5, 5.41) is 3.11. The average molecular weight is 298 g/mol. The summed E-state index contributed by atoms with van der Waals surface area (Å²) < 4.78 is 9.86. The van der Waals surface area contributed by atoms with Crippen LogP contribution in [-0.4, -0.2) is 44.9 Å². The number of hydrogen-bond donors (Lipinski definition) is 0. The van der Waals surface area contributed by atoms with Crippen molar-refractivity contribution < 1.29 is 14.3 Å². The van der Waals surface area contributed by atoms with Gasteiger partial charge in [0.1, 0.15) is 0 Å². The Morgan fingerprint density at radius 2 is 2.20 bits per heavy atom. The summed E-state index contributed by atoms with van der Waals surface area (Å²) in [5.74, 6) is 0.495. The fraction of sp³-hybridized carbons (Fsp3) is 0.714. The van der Waals surface area contributed by atoms with Gasteiger partial charge in [-0.05, 0) is 18.8 Å². The molecule has 0 aromatic carbocycles. The lowest BCUT2D eigenvalue weighted by Gasteiger charge is -2.31. The van der Waals surface area contributed by atoms with E-state index in [-0.39, 0.29) is 5.97 Å². The second-order valence-corrected chi connectivity index (χ2v) is 5.92. The first-order chi connectivity index (χ1) is 9.72. The molecule has 0 aliphatic carbocycles. The number of esters is 1. The van der Waals surface area contributed by atoms with Gasteiger partial charge in [-0.25, -0.2) is 4.98 Å². The Kier molecular flexibility index (Phi) is 5.79. The molecule has 1 aliphatic heterocycles. The van der Waals surface area contributed by atoms with Crippen molar-refractivity contribution in [2.45, 2.75) is 25.7 Å². The number of nitrogens with zero attached hydrogens (tertiary/aromatic N) is 2. The van der Waals surface area contributed by atoms with Gasteiger partial charge in [-0.2, -0.15) is 0 Å². The monoisotopic (exact) mass is 298 g/mol. The topological polar surface area (TPSA) is 51.7 Å². The van der Waals surface area contributed by atoms with E-state index in [9.17, 15) is 4.79 Å². The third-order valence-corrected chi connectivity index (χ3v) is 4.59. The highest BCUT2D eigenvalue weighted by Gasteiger charge is 2.21. The molecule has 0 radical (unpaired) electrons. The lowest BCUT2D eigenvalue weighted by atomic mass is 9.98. The van der Waals surface area contributed by atoms with Crippen LogP contribution in [0.1, 0.15) is 25.0 Å². The quantitative estimate of drug-likeness (QED) is 0.753. The predicted molar refractivity (Wildman–Crippen MR) is 79.3 cm³/mol. The molecule has 20 heavy (non-hydrogen) atoms. The van der Waals surface area contributed by atoms with Gasteiger partial charge in [0.2, 0.25) is 0 Å². The van der Waals surface area contributed by atoms with Crippen molar-refractivity contribution in [2.24, 2.45) is 5.92 Å². The van der Waals surface area contributed by atoms with Crippen LogP contribution < -0.4 is 4.90 Å². The molecule has 1 aromatic heterocycles. The number of carbonyl (C=O) groups excluding carboxylic acids is 1. The van der Waals surface area contributed by atoms with E-state index in [1.54, 1.807) is 18.4 Å². The van der Waals surface area contributed by atoms with Crippen LogP contribution in [0.2, 0.25) is 0 Å². The molecular weight excluding hydrogens is 276 g/mol. The molecule has 1 aromatic rings.